The van der Waals surface area contributed by atoms with Crippen LogP contribution in [0, 0.1) is 11.7 Å². The summed E-state index contributed by atoms with van der Waals surface area (Å²) in [6, 6.07) is 2.62. The third-order valence-corrected chi connectivity index (χ3v) is 3.43. The highest BCUT2D eigenvalue weighted by molar-refractivity contribution is 6.32. The van der Waals surface area contributed by atoms with E-state index in [1.54, 1.807) is 0 Å². The fourth-order valence-electron chi connectivity index (χ4n) is 1.98. The second-order valence-electron chi connectivity index (χ2n) is 5.80. The smallest absolute Gasteiger partial charge is 0.344 e. The fraction of sp³-hybridized carbons (Fsp3) is 0.471. The SMILES string of the molecule is COC(=O)[C@@H](CC(C)C)NC(=O)COC(=O)COc1ccc(F)cc1Cl. The molecule has 0 saturated heterocycles. The molecule has 0 aliphatic rings. The zero-order chi connectivity index (χ0) is 19.7. The molecule has 0 aliphatic heterocycles. The first-order valence-electron chi connectivity index (χ1n) is 7.83. The van der Waals surface area contributed by atoms with Gasteiger partial charge in [0.2, 0.25) is 0 Å². The molecule has 1 atom stereocenters. The van der Waals surface area contributed by atoms with Gasteiger partial charge in [0.15, 0.2) is 13.2 Å². The van der Waals surface area contributed by atoms with Gasteiger partial charge in [-0.05, 0) is 30.5 Å². The van der Waals surface area contributed by atoms with E-state index in [1.165, 1.54) is 13.2 Å². The van der Waals surface area contributed by atoms with Gasteiger partial charge in [0.05, 0.1) is 12.1 Å². The molecule has 0 aliphatic carbocycles. The molecule has 0 saturated carbocycles. The zero-order valence-corrected chi connectivity index (χ0v) is 15.5. The minimum Gasteiger partial charge on any atom is -0.480 e. The summed E-state index contributed by atoms with van der Waals surface area (Å²) in [6.45, 7) is 2.69. The summed E-state index contributed by atoms with van der Waals surface area (Å²) >= 11 is 5.76. The van der Waals surface area contributed by atoms with Gasteiger partial charge in [0.1, 0.15) is 17.6 Å². The normalized spacial score (nSPS) is 11.6. The van der Waals surface area contributed by atoms with Crippen LogP contribution in [0.25, 0.3) is 0 Å². The first kappa shape index (κ1) is 21.7. The van der Waals surface area contributed by atoms with Crippen molar-refractivity contribution in [1.29, 1.82) is 0 Å². The quantitative estimate of drug-likeness (QED) is 0.650. The van der Waals surface area contributed by atoms with Crippen LogP contribution in [-0.4, -0.2) is 44.2 Å². The first-order chi connectivity index (χ1) is 12.2. The fourth-order valence-corrected chi connectivity index (χ4v) is 2.20. The van der Waals surface area contributed by atoms with Gasteiger partial charge >= 0.3 is 11.9 Å². The summed E-state index contributed by atoms with van der Waals surface area (Å²) in [5, 5.41) is 2.45. The Balaban J connectivity index is 2.42. The predicted octanol–water partition coefficient (Wildman–Crippen LogP) is 2.10. The molecule has 26 heavy (non-hydrogen) atoms. The Morgan fingerprint density at radius 2 is 1.92 bits per heavy atom. The van der Waals surface area contributed by atoms with E-state index >= 15 is 0 Å². The number of benzene rings is 1. The Morgan fingerprint density at radius 3 is 2.50 bits per heavy atom. The van der Waals surface area contributed by atoms with Gasteiger partial charge < -0.3 is 19.5 Å². The van der Waals surface area contributed by atoms with Crippen molar-refractivity contribution in [1.82, 2.24) is 5.32 Å². The molecule has 1 aromatic carbocycles. The van der Waals surface area contributed by atoms with E-state index in [-0.39, 0.29) is 16.7 Å². The van der Waals surface area contributed by atoms with Crippen molar-refractivity contribution in [2.45, 2.75) is 26.3 Å². The largest absolute Gasteiger partial charge is 0.480 e. The number of hydrogen-bond donors (Lipinski definition) is 1. The van der Waals surface area contributed by atoms with Gasteiger partial charge in [-0.15, -0.1) is 0 Å². The summed E-state index contributed by atoms with van der Waals surface area (Å²) in [5.41, 5.74) is 0. The van der Waals surface area contributed by atoms with Crippen LogP contribution < -0.4 is 10.1 Å². The highest BCUT2D eigenvalue weighted by Crippen LogP contribution is 2.24. The second kappa shape index (κ2) is 10.6. The predicted molar refractivity (Wildman–Crippen MR) is 91.3 cm³/mol. The number of nitrogens with one attached hydrogen (secondary N) is 1. The number of hydrogen-bond acceptors (Lipinski definition) is 6. The first-order valence-corrected chi connectivity index (χ1v) is 8.21. The van der Waals surface area contributed by atoms with E-state index in [2.05, 4.69) is 10.1 Å². The molecule has 0 fully saturated rings. The van der Waals surface area contributed by atoms with Gasteiger partial charge in [0.25, 0.3) is 5.91 Å². The van der Waals surface area contributed by atoms with E-state index in [0.29, 0.717) is 6.42 Å². The lowest BCUT2D eigenvalue weighted by Crippen LogP contribution is -2.44. The Labute approximate surface area is 155 Å². The number of halogens is 2. The minimum absolute atomic E-state index is 0.00477. The maximum Gasteiger partial charge on any atom is 0.344 e. The molecule has 144 valence electrons. The van der Waals surface area contributed by atoms with Crippen LogP contribution in [0.1, 0.15) is 20.3 Å². The van der Waals surface area contributed by atoms with E-state index < -0.39 is 42.9 Å². The van der Waals surface area contributed by atoms with Gasteiger partial charge in [0, 0.05) is 0 Å². The third-order valence-electron chi connectivity index (χ3n) is 3.13. The van der Waals surface area contributed by atoms with E-state index in [1.807, 2.05) is 13.8 Å². The Hall–Kier alpha value is -2.35. The van der Waals surface area contributed by atoms with Crippen molar-refractivity contribution in [3.8, 4) is 5.75 Å². The number of methoxy groups -OCH3 is 1. The van der Waals surface area contributed by atoms with Crippen molar-refractivity contribution in [3.05, 3.63) is 29.0 Å². The average molecular weight is 390 g/mol. The maximum absolute atomic E-state index is 12.9. The Morgan fingerprint density at radius 1 is 1.23 bits per heavy atom. The molecule has 1 rings (SSSR count). The lowest BCUT2D eigenvalue weighted by Gasteiger charge is -2.18. The molecule has 1 N–H and O–H groups in total. The maximum atomic E-state index is 12.9. The molecular weight excluding hydrogens is 369 g/mol. The van der Waals surface area contributed by atoms with Gasteiger partial charge in [-0.1, -0.05) is 25.4 Å². The third kappa shape index (κ3) is 7.69. The summed E-state index contributed by atoms with van der Waals surface area (Å²) < 4.78 is 27.4. The van der Waals surface area contributed by atoms with Crippen molar-refractivity contribution < 1.29 is 33.0 Å². The summed E-state index contributed by atoms with van der Waals surface area (Å²) in [4.78, 5) is 35.1. The average Bonchev–Trinajstić information content (AvgIpc) is 2.57. The number of rotatable bonds is 9. The van der Waals surface area contributed by atoms with Gasteiger partial charge in [-0.2, -0.15) is 0 Å². The van der Waals surface area contributed by atoms with Crippen LogP contribution in [0.5, 0.6) is 5.75 Å². The van der Waals surface area contributed by atoms with E-state index in [4.69, 9.17) is 21.1 Å². The number of amides is 1. The van der Waals surface area contributed by atoms with Crippen LogP contribution in [0.4, 0.5) is 4.39 Å². The lowest BCUT2D eigenvalue weighted by atomic mass is 10.0. The van der Waals surface area contributed by atoms with Gasteiger partial charge in [-0.25, -0.2) is 14.0 Å². The highest BCUT2D eigenvalue weighted by Gasteiger charge is 2.23. The van der Waals surface area contributed by atoms with Crippen molar-refractivity contribution >= 4 is 29.4 Å². The molecule has 0 unspecified atom stereocenters. The molecule has 0 radical (unpaired) electrons. The van der Waals surface area contributed by atoms with E-state index in [0.717, 1.165) is 12.1 Å². The Kier molecular flexibility index (Phi) is 8.84. The molecule has 0 spiro atoms. The number of ether oxygens (including phenoxy) is 3. The number of carbonyl (C=O) groups excluding carboxylic acids is 3. The van der Waals surface area contributed by atoms with Crippen LogP contribution >= 0.6 is 11.6 Å². The van der Waals surface area contributed by atoms with Crippen molar-refractivity contribution in [2.75, 3.05) is 20.3 Å². The van der Waals surface area contributed by atoms with Gasteiger partial charge in [-0.3, -0.25) is 4.79 Å². The van der Waals surface area contributed by atoms with Crippen LogP contribution in [0.3, 0.4) is 0 Å². The number of carbonyl (C=O) groups is 3. The molecule has 0 bridgehead atoms. The van der Waals surface area contributed by atoms with E-state index in [9.17, 15) is 18.8 Å². The number of esters is 2. The molecule has 0 aromatic heterocycles. The second-order valence-corrected chi connectivity index (χ2v) is 6.20. The summed E-state index contributed by atoms with van der Waals surface area (Å²) in [7, 11) is 1.22. The van der Waals surface area contributed by atoms with Crippen LogP contribution in [0.15, 0.2) is 18.2 Å². The minimum atomic E-state index is -0.820. The topological polar surface area (TPSA) is 90.9 Å². The monoisotopic (exact) mass is 389 g/mol. The highest BCUT2D eigenvalue weighted by atomic mass is 35.5. The van der Waals surface area contributed by atoms with Crippen LogP contribution in [-0.2, 0) is 23.9 Å². The van der Waals surface area contributed by atoms with Crippen LogP contribution in [0.2, 0.25) is 5.02 Å². The molecular formula is C17H21ClFNO6. The molecule has 1 aromatic rings. The van der Waals surface area contributed by atoms with Crippen molar-refractivity contribution in [2.24, 2.45) is 5.92 Å². The lowest BCUT2D eigenvalue weighted by molar-refractivity contribution is -0.151. The molecule has 7 nitrogen and oxygen atoms in total. The standard InChI is InChI=1S/C17H21ClFNO6/c1-10(2)6-13(17(23)24-3)20-15(21)8-26-16(22)9-25-14-5-4-11(19)7-12(14)18/h4-5,7,10,13H,6,8-9H2,1-3H3,(H,20,21)/t13-/m1/s1. The molecule has 9 heteroatoms. The Bertz CT molecular complexity index is 652. The summed E-state index contributed by atoms with van der Waals surface area (Å²) in [5.74, 6) is -2.32. The molecule has 1 amide bonds. The zero-order valence-electron chi connectivity index (χ0n) is 14.7. The molecule has 0 heterocycles. The summed E-state index contributed by atoms with van der Waals surface area (Å²) in [6.07, 6.45) is 0.387. The van der Waals surface area contributed by atoms with Crippen molar-refractivity contribution in [3.63, 3.8) is 0 Å².